The zero-order chi connectivity index (χ0) is 12.6. The largest absolute Gasteiger partial charge is 0.264 e. The molecule has 2 nitrogen and oxygen atoms in total. The Morgan fingerprint density at radius 2 is 2.18 bits per heavy atom. The van der Waals surface area contributed by atoms with Crippen molar-refractivity contribution in [1.29, 1.82) is 0 Å². The standard InChI is InChI=1S/C12H11BrClFN2/c1-3-17-12(11(13)7(2)16-17)8-4-5-10(15)9(14)6-8/h4-6H,3H2,1-2H3. The first-order chi connectivity index (χ1) is 8.04. The third kappa shape index (κ3) is 2.24. The van der Waals surface area contributed by atoms with Crippen LogP contribution in [0.2, 0.25) is 5.02 Å². The van der Waals surface area contributed by atoms with E-state index in [2.05, 4.69) is 21.0 Å². The van der Waals surface area contributed by atoms with E-state index in [4.69, 9.17) is 11.6 Å². The molecule has 2 rings (SSSR count). The molecule has 0 bridgehead atoms. The van der Waals surface area contributed by atoms with Crippen molar-refractivity contribution in [2.45, 2.75) is 20.4 Å². The van der Waals surface area contributed by atoms with E-state index in [0.29, 0.717) is 0 Å². The third-order valence-corrected chi connectivity index (χ3v) is 3.79. The number of aromatic nitrogens is 2. The van der Waals surface area contributed by atoms with Crippen LogP contribution >= 0.6 is 27.5 Å². The van der Waals surface area contributed by atoms with Gasteiger partial charge in [0.1, 0.15) is 5.82 Å². The molecule has 1 heterocycles. The molecule has 1 aromatic heterocycles. The highest BCUT2D eigenvalue weighted by Gasteiger charge is 2.15. The van der Waals surface area contributed by atoms with E-state index in [1.807, 2.05) is 18.5 Å². The van der Waals surface area contributed by atoms with Gasteiger partial charge in [0.2, 0.25) is 0 Å². The molecule has 0 unspecified atom stereocenters. The monoisotopic (exact) mass is 316 g/mol. The molecule has 2 aromatic rings. The van der Waals surface area contributed by atoms with Crippen molar-refractivity contribution >= 4 is 27.5 Å². The van der Waals surface area contributed by atoms with Crippen LogP contribution in [0.25, 0.3) is 11.3 Å². The van der Waals surface area contributed by atoms with E-state index in [9.17, 15) is 4.39 Å². The van der Waals surface area contributed by atoms with Crippen LogP contribution in [0, 0.1) is 12.7 Å². The molecule has 17 heavy (non-hydrogen) atoms. The molecular formula is C12H11BrClFN2. The zero-order valence-electron chi connectivity index (χ0n) is 9.47. The molecular weight excluding hydrogens is 307 g/mol. The van der Waals surface area contributed by atoms with Gasteiger partial charge >= 0.3 is 0 Å². The molecule has 0 aliphatic carbocycles. The molecule has 0 amide bonds. The number of nitrogens with zero attached hydrogens (tertiary/aromatic N) is 2. The first-order valence-corrected chi connectivity index (χ1v) is 6.40. The molecule has 0 radical (unpaired) electrons. The Morgan fingerprint density at radius 3 is 2.76 bits per heavy atom. The fourth-order valence-electron chi connectivity index (χ4n) is 1.71. The summed E-state index contributed by atoms with van der Waals surface area (Å²) in [5, 5.41) is 4.51. The van der Waals surface area contributed by atoms with Crippen molar-refractivity contribution in [2.24, 2.45) is 0 Å². The number of benzene rings is 1. The molecule has 1 aromatic carbocycles. The van der Waals surface area contributed by atoms with E-state index in [1.54, 1.807) is 12.1 Å². The Bertz CT molecular complexity index is 566. The van der Waals surface area contributed by atoms with Crippen LogP contribution in [-0.2, 0) is 6.54 Å². The Morgan fingerprint density at radius 1 is 1.47 bits per heavy atom. The predicted octanol–water partition coefficient (Wildman–Crippen LogP) is 4.43. The van der Waals surface area contributed by atoms with Gasteiger partial charge in [-0.3, -0.25) is 4.68 Å². The second kappa shape index (κ2) is 4.78. The molecule has 0 aliphatic rings. The van der Waals surface area contributed by atoms with Crippen LogP contribution in [0.1, 0.15) is 12.6 Å². The van der Waals surface area contributed by atoms with Crippen LogP contribution in [0.4, 0.5) is 4.39 Å². The van der Waals surface area contributed by atoms with Crippen molar-refractivity contribution in [3.05, 3.63) is 39.2 Å². The fraction of sp³-hybridized carbons (Fsp3) is 0.250. The Hall–Kier alpha value is -0.870. The Kier molecular flexibility index (Phi) is 3.54. The maximum Gasteiger partial charge on any atom is 0.141 e. The van der Waals surface area contributed by atoms with E-state index < -0.39 is 5.82 Å². The van der Waals surface area contributed by atoms with E-state index in [1.165, 1.54) is 6.07 Å². The topological polar surface area (TPSA) is 17.8 Å². The van der Waals surface area contributed by atoms with Crippen LogP contribution in [-0.4, -0.2) is 9.78 Å². The van der Waals surface area contributed by atoms with Gasteiger partial charge < -0.3 is 0 Å². The van der Waals surface area contributed by atoms with Gasteiger partial charge in [-0.1, -0.05) is 11.6 Å². The van der Waals surface area contributed by atoms with Crippen molar-refractivity contribution in [3.63, 3.8) is 0 Å². The predicted molar refractivity (Wildman–Crippen MR) is 70.7 cm³/mol. The lowest BCUT2D eigenvalue weighted by atomic mass is 10.1. The molecule has 0 N–H and O–H groups in total. The summed E-state index contributed by atoms with van der Waals surface area (Å²) in [6.07, 6.45) is 0. The minimum atomic E-state index is -0.411. The van der Waals surface area contributed by atoms with Crippen molar-refractivity contribution in [2.75, 3.05) is 0 Å². The SMILES string of the molecule is CCn1nc(C)c(Br)c1-c1ccc(F)c(Cl)c1. The first-order valence-electron chi connectivity index (χ1n) is 5.23. The maximum absolute atomic E-state index is 13.1. The van der Waals surface area contributed by atoms with Gasteiger partial charge in [0, 0.05) is 12.1 Å². The number of halogens is 3. The second-order valence-corrected chi connectivity index (χ2v) is 4.89. The van der Waals surface area contributed by atoms with Crippen LogP contribution in [0.5, 0.6) is 0 Å². The lowest BCUT2D eigenvalue weighted by Gasteiger charge is -2.06. The summed E-state index contributed by atoms with van der Waals surface area (Å²) >= 11 is 9.30. The van der Waals surface area contributed by atoms with Crippen LogP contribution in [0.3, 0.4) is 0 Å². The highest BCUT2D eigenvalue weighted by atomic mass is 79.9. The molecule has 0 spiro atoms. The number of aryl methyl sites for hydroxylation is 2. The quantitative estimate of drug-likeness (QED) is 0.801. The normalized spacial score (nSPS) is 10.9. The van der Waals surface area contributed by atoms with Gasteiger partial charge in [-0.25, -0.2) is 4.39 Å². The van der Waals surface area contributed by atoms with Gasteiger partial charge in [0.05, 0.1) is 20.9 Å². The highest BCUT2D eigenvalue weighted by Crippen LogP contribution is 2.32. The molecule has 0 saturated carbocycles. The van der Waals surface area contributed by atoms with Crippen molar-refractivity contribution in [3.8, 4) is 11.3 Å². The van der Waals surface area contributed by atoms with Gasteiger partial charge in [0.25, 0.3) is 0 Å². The lowest BCUT2D eigenvalue weighted by molar-refractivity contribution is 0.628. The Labute approximate surface area is 113 Å². The highest BCUT2D eigenvalue weighted by molar-refractivity contribution is 9.10. The lowest BCUT2D eigenvalue weighted by Crippen LogP contribution is -1.99. The smallest absolute Gasteiger partial charge is 0.141 e. The molecule has 5 heteroatoms. The summed E-state index contributed by atoms with van der Waals surface area (Å²) in [6.45, 7) is 4.68. The number of hydrogen-bond donors (Lipinski definition) is 0. The average Bonchev–Trinajstić information content (AvgIpc) is 2.59. The summed E-state index contributed by atoms with van der Waals surface area (Å²) in [5.74, 6) is -0.411. The number of rotatable bonds is 2. The average molecular weight is 318 g/mol. The summed E-state index contributed by atoms with van der Waals surface area (Å²) in [4.78, 5) is 0. The minimum Gasteiger partial charge on any atom is -0.264 e. The van der Waals surface area contributed by atoms with E-state index >= 15 is 0 Å². The van der Waals surface area contributed by atoms with Gasteiger partial charge in [-0.15, -0.1) is 0 Å². The van der Waals surface area contributed by atoms with Crippen LogP contribution < -0.4 is 0 Å². The molecule has 0 atom stereocenters. The fourth-order valence-corrected chi connectivity index (χ4v) is 2.40. The molecule has 90 valence electrons. The van der Waals surface area contributed by atoms with Crippen LogP contribution in [0.15, 0.2) is 22.7 Å². The van der Waals surface area contributed by atoms with E-state index in [0.717, 1.165) is 28.0 Å². The molecule has 0 aliphatic heterocycles. The number of hydrogen-bond acceptors (Lipinski definition) is 1. The summed E-state index contributed by atoms with van der Waals surface area (Å²) in [7, 11) is 0. The van der Waals surface area contributed by atoms with Crippen molar-refractivity contribution < 1.29 is 4.39 Å². The van der Waals surface area contributed by atoms with Gasteiger partial charge in [-0.2, -0.15) is 5.10 Å². The van der Waals surface area contributed by atoms with E-state index in [-0.39, 0.29) is 5.02 Å². The minimum absolute atomic E-state index is 0.121. The Balaban J connectivity index is 2.63. The summed E-state index contributed by atoms with van der Waals surface area (Å²) in [6, 6.07) is 4.69. The summed E-state index contributed by atoms with van der Waals surface area (Å²) < 4.78 is 15.9. The van der Waals surface area contributed by atoms with Gasteiger partial charge in [0.15, 0.2) is 0 Å². The zero-order valence-corrected chi connectivity index (χ0v) is 11.8. The van der Waals surface area contributed by atoms with Gasteiger partial charge in [-0.05, 0) is 48.0 Å². The molecule has 0 saturated heterocycles. The second-order valence-electron chi connectivity index (χ2n) is 3.69. The maximum atomic E-state index is 13.1. The first kappa shape index (κ1) is 12.6. The third-order valence-electron chi connectivity index (χ3n) is 2.55. The molecule has 0 fully saturated rings. The van der Waals surface area contributed by atoms with Crippen molar-refractivity contribution in [1.82, 2.24) is 9.78 Å². The summed E-state index contributed by atoms with van der Waals surface area (Å²) in [5.41, 5.74) is 2.68.